The van der Waals surface area contributed by atoms with Crippen LogP contribution in [0.1, 0.15) is 34.8 Å². The average molecular weight is 451 g/mol. The van der Waals surface area contributed by atoms with Gasteiger partial charge in [0.25, 0.3) is 5.91 Å². The number of rotatable bonds is 9. The minimum Gasteiger partial charge on any atom is -0.491 e. The summed E-state index contributed by atoms with van der Waals surface area (Å²) in [6.45, 7) is 2.94. The van der Waals surface area contributed by atoms with Crippen molar-refractivity contribution in [3.05, 3.63) is 58.1 Å². The fraction of sp³-hybridized carbons (Fsp3) is 0.409. The highest BCUT2D eigenvalue weighted by molar-refractivity contribution is 7.91. The second kappa shape index (κ2) is 9.81. The van der Waals surface area contributed by atoms with Crippen molar-refractivity contribution in [2.75, 3.05) is 26.0 Å². The van der Waals surface area contributed by atoms with Crippen molar-refractivity contribution in [3.8, 4) is 5.75 Å². The summed E-state index contributed by atoms with van der Waals surface area (Å²) in [6.07, 6.45) is 1.83. The van der Waals surface area contributed by atoms with Crippen molar-refractivity contribution in [1.82, 2.24) is 10.6 Å². The first-order valence-corrected chi connectivity index (χ1v) is 12.1. The van der Waals surface area contributed by atoms with Crippen molar-refractivity contribution in [2.24, 2.45) is 0 Å². The largest absolute Gasteiger partial charge is 0.491 e. The van der Waals surface area contributed by atoms with Crippen molar-refractivity contribution in [3.63, 3.8) is 0 Å². The first-order chi connectivity index (χ1) is 14.3. The maximum atomic E-state index is 12.9. The number of ether oxygens (including phenoxy) is 1. The molecule has 3 rings (SSSR count). The first kappa shape index (κ1) is 22.6. The number of fused-ring (bicyclic) bond motifs is 1. The minimum atomic E-state index is -3.26. The van der Waals surface area contributed by atoms with Crippen LogP contribution in [0.3, 0.4) is 0 Å². The molecular formula is C22H27ClN2O4S. The molecule has 1 unspecified atom stereocenters. The number of likely N-dealkylation sites (N-methyl/N-ethyl adjacent to an activating group) is 1. The normalized spacial score (nSPS) is 15.6. The molecule has 0 spiro atoms. The molecule has 0 radical (unpaired) electrons. The first-order valence-electron chi connectivity index (χ1n) is 10.1. The summed E-state index contributed by atoms with van der Waals surface area (Å²) in [5.41, 5.74) is 2.42. The lowest BCUT2D eigenvalue weighted by molar-refractivity contribution is 0.0934. The van der Waals surface area contributed by atoms with Gasteiger partial charge in [-0.2, -0.15) is 0 Å². The van der Waals surface area contributed by atoms with Gasteiger partial charge in [-0.05, 0) is 67.8 Å². The van der Waals surface area contributed by atoms with Crippen LogP contribution in [0.25, 0.3) is 0 Å². The summed E-state index contributed by atoms with van der Waals surface area (Å²) in [5, 5.41) is 6.50. The Labute approximate surface area is 182 Å². The van der Waals surface area contributed by atoms with E-state index in [1.54, 1.807) is 30.3 Å². The summed E-state index contributed by atoms with van der Waals surface area (Å²) in [7, 11) is -1.43. The summed E-state index contributed by atoms with van der Waals surface area (Å²) < 4.78 is 30.4. The number of carbonyl (C=O) groups is 1. The van der Waals surface area contributed by atoms with E-state index in [0.717, 1.165) is 11.1 Å². The molecule has 8 heteroatoms. The van der Waals surface area contributed by atoms with E-state index in [0.29, 0.717) is 53.6 Å². The number of benzene rings is 2. The number of carbonyl (C=O) groups excluding carboxylic acids is 1. The third kappa shape index (κ3) is 5.33. The molecule has 2 N–H and O–H groups in total. The lowest BCUT2D eigenvalue weighted by atomic mass is 10.1. The number of hydrogen-bond donors (Lipinski definition) is 2. The quantitative estimate of drug-likeness (QED) is 0.573. The van der Waals surface area contributed by atoms with E-state index >= 15 is 0 Å². The summed E-state index contributed by atoms with van der Waals surface area (Å²) in [4.78, 5) is 13.3. The summed E-state index contributed by atoms with van der Waals surface area (Å²) in [5.74, 6) is 0.362. The lowest BCUT2D eigenvalue weighted by Crippen LogP contribution is -2.35. The number of hydrogen-bond acceptors (Lipinski definition) is 5. The second-order valence-electron chi connectivity index (χ2n) is 7.42. The molecule has 0 fully saturated rings. The average Bonchev–Trinajstić information content (AvgIpc) is 3.10. The van der Waals surface area contributed by atoms with Crippen molar-refractivity contribution >= 4 is 27.3 Å². The molecule has 1 aliphatic rings. The van der Waals surface area contributed by atoms with Gasteiger partial charge in [-0.3, -0.25) is 4.79 Å². The Kier molecular flexibility index (Phi) is 7.39. The van der Waals surface area contributed by atoms with Gasteiger partial charge in [0.1, 0.15) is 12.4 Å². The molecular weight excluding hydrogens is 424 g/mol. The van der Waals surface area contributed by atoms with E-state index in [1.807, 2.05) is 20.0 Å². The Morgan fingerprint density at radius 1 is 1.17 bits per heavy atom. The molecule has 0 saturated carbocycles. The Balaban J connectivity index is 1.72. The van der Waals surface area contributed by atoms with E-state index in [2.05, 4.69) is 10.6 Å². The Hall–Kier alpha value is -2.09. The molecule has 0 aromatic heterocycles. The van der Waals surface area contributed by atoms with Gasteiger partial charge in [0.05, 0.1) is 16.2 Å². The zero-order valence-electron chi connectivity index (χ0n) is 17.2. The molecule has 1 amide bonds. The van der Waals surface area contributed by atoms with Crippen molar-refractivity contribution < 1.29 is 17.9 Å². The van der Waals surface area contributed by atoms with E-state index in [1.165, 1.54) is 0 Å². The van der Waals surface area contributed by atoms with Crippen LogP contribution < -0.4 is 15.4 Å². The number of nitrogens with one attached hydrogen (secondary N) is 2. The second-order valence-corrected chi connectivity index (χ2v) is 9.97. The SMILES string of the molecule is CCCS(=O)(=O)c1ccc2c(c1)CC(NC(=O)c1cc(Cl)ccc1OCCNC)C2. The topological polar surface area (TPSA) is 84.5 Å². The number of halogens is 1. The third-order valence-corrected chi connectivity index (χ3v) is 7.23. The molecule has 0 aliphatic heterocycles. The minimum absolute atomic E-state index is 0.110. The van der Waals surface area contributed by atoms with Gasteiger partial charge in [-0.15, -0.1) is 0 Å². The van der Waals surface area contributed by atoms with E-state index < -0.39 is 9.84 Å². The van der Waals surface area contributed by atoms with Crippen LogP contribution in [0.5, 0.6) is 5.75 Å². The van der Waals surface area contributed by atoms with Gasteiger partial charge in [-0.25, -0.2) is 8.42 Å². The van der Waals surface area contributed by atoms with Crippen LogP contribution in [0.2, 0.25) is 5.02 Å². The van der Waals surface area contributed by atoms with Crippen molar-refractivity contribution in [2.45, 2.75) is 37.1 Å². The molecule has 30 heavy (non-hydrogen) atoms. The number of amides is 1. The molecule has 0 saturated heterocycles. The predicted molar refractivity (Wildman–Crippen MR) is 118 cm³/mol. The Bertz CT molecular complexity index is 1020. The van der Waals surface area contributed by atoms with Gasteiger partial charge in [0.15, 0.2) is 9.84 Å². The highest BCUT2D eigenvalue weighted by Crippen LogP contribution is 2.27. The van der Waals surface area contributed by atoms with Crippen LogP contribution in [0.4, 0.5) is 0 Å². The highest BCUT2D eigenvalue weighted by atomic mass is 35.5. The maximum absolute atomic E-state index is 12.9. The monoisotopic (exact) mass is 450 g/mol. The van der Waals surface area contributed by atoms with Crippen LogP contribution in [0.15, 0.2) is 41.3 Å². The zero-order chi connectivity index (χ0) is 21.7. The van der Waals surface area contributed by atoms with Crippen LogP contribution in [-0.2, 0) is 22.7 Å². The van der Waals surface area contributed by atoms with Gasteiger partial charge < -0.3 is 15.4 Å². The zero-order valence-corrected chi connectivity index (χ0v) is 18.8. The maximum Gasteiger partial charge on any atom is 0.255 e. The fourth-order valence-corrected chi connectivity index (χ4v) is 5.15. The summed E-state index contributed by atoms with van der Waals surface area (Å²) >= 11 is 6.09. The van der Waals surface area contributed by atoms with Crippen LogP contribution in [0, 0.1) is 0 Å². The molecule has 162 valence electrons. The van der Waals surface area contributed by atoms with Gasteiger partial charge in [0, 0.05) is 17.6 Å². The molecule has 2 aromatic carbocycles. The standard InChI is InChI=1S/C22H27ClN2O4S/c1-3-10-30(27,28)19-6-4-15-11-18(12-16(15)13-19)25-22(26)20-14-17(23)5-7-21(20)29-9-8-24-2/h4-7,13-14,18,24H,3,8-12H2,1-2H3,(H,25,26). The number of sulfone groups is 1. The Morgan fingerprint density at radius 2 is 1.93 bits per heavy atom. The van der Waals surface area contributed by atoms with E-state index in [-0.39, 0.29) is 17.7 Å². The molecule has 0 bridgehead atoms. The third-order valence-electron chi connectivity index (χ3n) is 5.07. The Morgan fingerprint density at radius 3 is 2.67 bits per heavy atom. The highest BCUT2D eigenvalue weighted by Gasteiger charge is 2.26. The van der Waals surface area contributed by atoms with Crippen LogP contribution >= 0.6 is 11.6 Å². The van der Waals surface area contributed by atoms with Crippen molar-refractivity contribution in [1.29, 1.82) is 0 Å². The van der Waals surface area contributed by atoms with Gasteiger partial charge in [0.2, 0.25) is 0 Å². The van der Waals surface area contributed by atoms with Crippen LogP contribution in [-0.4, -0.2) is 46.3 Å². The molecule has 6 nitrogen and oxygen atoms in total. The fourth-order valence-electron chi connectivity index (χ4n) is 3.61. The molecule has 0 heterocycles. The van der Waals surface area contributed by atoms with E-state index in [9.17, 15) is 13.2 Å². The molecule has 1 atom stereocenters. The lowest BCUT2D eigenvalue weighted by Gasteiger charge is -2.15. The summed E-state index contributed by atoms with van der Waals surface area (Å²) in [6, 6.07) is 10.1. The van der Waals surface area contributed by atoms with E-state index in [4.69, 9.17) is 16.3 Å². The molecule has 1 aliphatic carbocycles. The smallest absolute Gasteiger partial charge is 0.255 e. The van der Waals surface area contributed by atoms with Gasteiger partial charge in [-0.1, -0.05) is 24.6 Å². The predicted octanol–water partition coefficient (Wildman–Crippen LogP) is 3.02. The molecule has 2 aromatic rings. The van der Waals surface area contributed by atoms with Gasteiger partial charge >= 0.3 is 0 Å².